The number of anilines is 1. The average Bonchev–Trinajstić information content (AvgIpc) is 2.90. The van der Waals surface area contributed by atoms with Crippen LogP contribution in [0, 0.1) is 0 Å². The Morgan fingerprint density at radius 3 is 2.54 bits per heavy atom. The second-order valence-corrected chi connectivity index (χ2v) is 8.57. The molecule has 2 aromatic heterocycles. The predicted molar refractivity (Wildman–Crippen MR) is 133 cm³/mol. The summed E-state index contributed by atoms with van der Waals surface area (Å²) in [5.41, 5.74) is 1.69. The Balaban J connectivity index is 1.28. The lowest BCUT2D eigenvalue weighted by atomic mass is 10.2. The van der Waals surface area contributed by atoms with E-state index in [4.69, 9.17) is 4.74 Å². The number of rotatable bonds is 9. The molecule has 0 spiro atoms. The molecule has 3 aromatic rings. The van der Waals surface area contributed by atoms with Gasteiger partial charge in [0.25, 0.3) is 11.5 Å². The highest BCUT2D eigenvalue weighted by atomic mass is 16.5. The fourth-order valence-corrected chi connectivity index (χ4v) is 4.20. The molecule has 9 nitrogen and oxygen atoms in total. The monoisotopic (exact) mass is 477 g/mol. The molecule has 0 saturated carbocycles. The first-order valence-electron chi connectivity index (χ1n) is 12.1. The Bertz CT molecular complexity index is 1220. The topological polar surface area (TPSA) is 97.6 Å². The Morgan fingerprint density at radius 1 is 1.03 bits per heavy atom. The van der Waals surface area contributed by atoms with Gasteiger partial charge in [-0.15, -0.1) is 0 Å². The van der Waals surface area contributed by atoms with Crippen LogP contribution in [-0.4, -0.2) is 64.1 Å². The van der Waals surface area contributed by atoms with Crippen molar-refractivity contribution in [3.8, 4) is 0 Å². The van der Waals surface area contributed by atoms with Crippen molar-refractivity contribution in [2.75, 3.05) is 37.7 Å². The average molecular weight is 478 g/mol. The van der Waals surface area contributed by atoms with E-state index < -0.39 is 5.97 Å². The molecule has 1 aromatic carbocycles. The van der Waals surface area contributed by atoms with Crippen molar-refractivity contribution < 1.29 is 14.3 Å². The number of piperazine rings is 1. The standard InChI is InChI=1S/C26H31N5O4/c1-2-3-14-31-22-9-5-4-8-20(22)28-21(26(31)34)11-12-25(33)35-19-24(32)30-17-15-29(16-18-30)23-10-6-7-13-27-23/h4-10,13H,2-3,11-12,14-19H2,1H3. The zero-order valence-corrected chi connectivity index (χ0v) is 20.1. The van der Waals surface area contributed by atoms with Gasteiger partial charge in [0, 0.05) is 45.3 Å². The molecule has 0 unspecified atom stereocenters. The van der Waals surface area contributed by atoms with E-state index in [9.17, 15) is 14.4 Å². The Morgan fingerprint density at radius 2 is 1.80 bits per heavy atom. The van der Waals surface area contributed by atoms with Gasteiger partial charge in [0.05, 0.1) is 17.5 Å². The van der Waals surface area contributed by atoms with Crippen molar-refractivity contribution in [2.24, 2.45) is 0 Å². The molecule has 3 heterocycles. The van der Waals surface area contributed by atoms with Crippen molar-refractivity contribution in [3.63, 3.8) is 0 Å². The van der Waals surface area contributed by atoms with Gasteiger partial charge in [0.15, 0.2) is 6.61 Å². The van der Waals surface area contributed by atoms with Crippen molar-refractivity contribution in [3.05, 3.63) is 64.7 Å². The lowest BCUT2D eigenvalue weighted by molar-refractivity contribution is -0.152. The van der Waals surface area contributed by atoms with Gasteiger partial charge >= 0.3 is 5.97 Å². The maximum absolute atomic E-state index is 13.0. The molecule has 0 atom stereocenters. The van der Waals surface area contributed by atoms with Gasteiger partial charge in [-0.2, -0.15) is 0 Å². The summed E-state index contributed by atoms with van der Waals surface area (Å²) in [6.07, 6.45) is 3.77. The number of nitrogens with zero attached hydrogens (tertiary/aromatic N) is 5. The molecule has 0 bridgehead atoms. The summed E-state index contributed by atoms with van der Waals surface area (Å²) >= 11 is 0. The summed E-state index contributed by atoms with van der Waals surface area (Å²) in [5.74, 6) is 0.159. The number of benzene rings is 1. The minimum absolute atomic E-state index is 0.00487. The van der Waals surface area contributed by atoms with Crippen LogP contribution in [0.1, 0.15) is 31.9 Å². The number of fused-ring (bicyclic) bond motifs is 1. The van der Waals surface area contributed by atoms with Gasteiger partial charge in [0.1, 0.15) is 11.5 Å². The van der Waals surface area contributed by atoms with Crippen LogP contribution >= 0.6 is 0 Å². The number of pyridine rings is 1. The molecule has 4 rings (SSSR count). The number of hydrogen-bond donors (Lipinski definition) is 0. The van der Waals surface area contributed by atoms with E-state index in [0.717, 1.165) is 29.7 Å². The van der Waals surface area contributed by atoms with Gasteiger partial charge in [-0.25, -0.2) is 9.97 Å². The molecular weight excluding hydrogens is 446 g/mol. The Kier molecular flexibility index (Phi) is 8.07. The highest BCUT2D eigenvalue weighted by Crippen LogP contribution is 2.14. The minimum atomic E-state index is -0.514. The van der Waals surface area contributed by atoms with E-state index in [-0.39, 0.29) is 30.9 Å². The van der Waals surface area contributed by atoms with Crippen molar-refractivity contribution in [1.82, 2.24) is 19.4 Å². The third-order valence-corrected chi connectivity index (χ3v) is 6.18. The molecule has 1 amide bonds. The van der Waals surface area contributed by atoms with E-state index >= 15 is 0 Å². The van der Waals surface area contributed by atoms with Crippen LogP contribution in [0.25, 0.3) is 11.0 Å². The Hall–Kier alpha value is -3.75. The summed E-state index contributed by atoms with van der Waals surface area (Å²) in [6.45, 7) is 4.83. The lowest BCUT2D eigenvalue weighted by Gasteiger charge is -2.35. The number of hydrogen-bond acceptors (Lipinski definition) is 7. The molecule has 35 heavy (non-hydrogen) atoms. The van der Waals surface area contributed by atoms with Crippen LogP contribution in [0.2, 0.25) is 0 Å². The van der Waals surface area contributed by atoms with Crippen LogP contribution in [0.3, 0.4) is 0 Å². The highest BCUT2D eigenvalue weighted by Gasteiger charge is 2.23. The number of ether oxygens (including phenoxy) is 1. The van der Waals surface area contributed by atoms with Crippen molar-refractivity contribution in [1.29, 1.82) is 0 Å². The SMILES string of the molecule is CCCCn1c(=O)c(CCC(=O)OCC(=O)N2CCN(c3ccccn3)CC2)nc2ccccc21. The first-order chi connectivity index (χ1) is 17.1. The number of para-hydroxylation sites is 2. The molecule has 1 saturated heterocycles. The second kappa shape index (κ2) is 11.6. The largest absolute Gasteiger partial charge is 0.456 e. The van der Waals surface area contributed by atoms with Crippen LogP contribution in [-0.2, 0) is 27.3 Å². The highest BCUT2D eigenvalue weighted by molar-refractivity contribution is 5.81. The van der Waals surface area contributed by atoms with Crippen molar-refractivity contribution >= 4 is 28.7 Å². The van der Waals surface area contributed by atoms with Crippen LogP contribution in [0.5, 0.6) is 0 Å². The molecule has 1 aliphatic heterocycles. The van der Waals surface area contributed by atoms with Gasteiger partial charge in [0.2, 0.25) is 0 Å². The maximum atomic E-state index is 13.0. The molecule has 184 valence electrons. The molecule has 1 aliphatic rings. The minimum Gasteiger partial charge on any atom is -0.456 e. The molecule has 0 radical (unpaired) electrons. The van der Waals surface area contributed by atoms with Crippen LogP contribution < -0.4 is 10.5 Å². The zero-order chi connectivity index (χ0) is 24.6. The third-order valence-electron chi connectivity index (χ3n) is 6.18. The first-order valence-corrected chi connectivity index (χ1v) is 12.1. The molecule has 0 N–H and O–H groups in total. The number of amides is 1. The first kappa shape index (κ1) is 24.4. The number of carbonyl (C=O) groups excluding carboxylic acids is 2. The number of aromatic nitrogens is 3. The van der Waals surface area contributed by atoms with E-state index in [0.29, 0.717) is 38.4 Å². The van der Waals surface area contributed by atoms with Crippen LogP contribution in [0.4, 0.5) is 5.82 Å². The summed E-state index contributed by atoms with van der Waals surface area (Å²) in [5, 5.41) is 0. The third kappa shape index (κ3) is 6.03. The lowest BCUT2D eigenvalue weighted by Crippen LogP contribution is -2.50. The van der Waals surface area contributed by atoms with E-state index in [1.165, 1.54) is 0 Å². The molecular formula is C26H31N5O4. The van der Waals surface area contributed by atoms with E-state index in [2.05, 4.69) is 21.8 Å². The predicted octanol–water partition coefficient (Wildman–Crippen LogP) is 2.42. The van der Waals surface area contributed by atoms with Crippen molar-refractivity contribution in [2.45, 2.75) is 39.2 Å². The summed E-state index contributed by atoms with van der Waals surface area (Å²) in [6, 6.07) is 13.3. The number of carbonyl (C=O) groups is 2. The Labute approximate surface area is 204 Å². The molecule has 0 aliphatic carbocycles. The summed E-state index contributed by atoms with van der Waals surface area (Å²) in [7, 11) is 0. The van der Waals surface area contributed by atoms with Gasteiger partial charge in [-0.3, -0.25) is 14.4 Å². The van der Waals surface area contributed by atoms with E-state index in [1.54, 1.807) is 15.7 Å². The number of aryl methyl sites for hydroxylation is 2. The van der Waals surface area contributed by atoms with Gasteiger partial charge < -0.3 is 19.1 Å². The maximum Gasteiger partial charge on any atom is 0.306 e. The smallest absolute Gasteiger partial charge is 0.306 e. The quantitative estimate of drug-likeness (QED) is 0.437. The second-order valence-electron chi connectivity index (χ2n) is 8.57. The van der Waals surface area contributed by atoms with Gasteiger partial charge in [-0.1, -0.05) is 31.5 Å². The summed E-state index contributed by atoms with van der Waals surface area (Å²) in [4.78, 5) is 50.5. The van der Waals surface area contributed by atoms with Crippen LogP contribution in [0.15, 0.2) is 53.5 Å². The fraction of sp³-hybridized carbons (Fsp3) is 0.423. The van der Waals surface area contributed by atoms with E-state index in [1.807, 2.05) is 42.5 Å². The van der Waals surface area contributed by atoms with Gasteiger partial charge in [-0.05, 0) is 30.7 Å². The zero-order valence-electron chi connectivity index (χ0n) is 20.1. The number of esters is 1. The fourth-order valence-electron chi connectivity index (χ4n) is 4.20. The molecule has 9 heteroatoms. The number of unbranched alkanes of at least 4 members (excludes halogenated alkanes) is 1. The summed E-state index contributed by atoms with van der Waals surface area (Å²) < 4.78 is 6.96. The normalized spacial score (nSPS) is 13.7. The molecule has 1 fully saturated rings.